The number of aliphatic hydroxyl groups excluding tert-OH is 1. The third-order valence-electron chi connectivity index (χ3n) is 2.95. The molecule has 2 nitrogen and oxygen atoms in total. The molecule has 1 aliphatic rings. The van der Waals surface area contributed by atoms with Gasteiger partial charge < -0.3 is 9.84 Å². The highest BCUT2D eigenvalue weighted by Gasteiger charge is 2.29. The monoisotopic (exact) mass is 298 g/mol. The second kappa shape index (κ2) is 4.62. The van der Waals surface area contributed by atoms with E-state index in [4.69, 9.17) is 4.74 Å². The number of halogens is 1. The van der Waals surface area contributed by atoms with Crippen molar-refractivity contribution in [2.75, 3.05) is 0 Å². The molecule has 0 fully saturated rings. The van der Waals surface area contributed by atoms with Gasteiger partial charge in [0.15, 0.2) is 0 Å². The summed E-state index contributed by atoms with van der Waals surface area (Å²) >= 11 is 3.43. The normalized spacial score (nSPS) is 24.1. The Morgan fingerprint density at radius 2 is 2.12 bits per heavy atom. The van der Waals surface area contributed by atoms with Crippen molar-refractivity contribution in [3.63, 3.8) is 0 Å². The number of aliphatic hydroxyl groups is 1. The molecule has 94 valence electrons. The minimum absolute atomic E-state index is 0.104. The van der Waals surface area contributed by atoms with Gasteiger partial charge in [0, 0.05) is 16.5 Å². The third-order valence-corrected chi connectivity index (χ3v) is 3.45. The predicted molar refractivity (Wildman–Crippen MR) is 72.2 cm³/mol. The van der Waals surface area contributed by atoms with Crippen LogP contribution in [-0.4, -0.2) is 11.2 Å². The number of ether oxygens (including phenoxy) is 1. The van der Waals surface area contributed by atoms with E-state index in [1.807, 2.05) is 18.2 Å². The van der Waals surface area contributed by atoms with E-state index in [0.29, 0.717) is 6.42 Å². The molecule has 0 saturated carbocycles. The summed E-state index contributed by atoms with van der Waals surface area (Å²) in [6, 6.07) is 5.81. The summed E-state index contributed by atoms with van der Waals surface area (Å²) < 4.78 is 6.96. The Bertz CT molecular complexity index is 409. The summed E-state index contributed by atoms with van der Waals surface area (Å²) in [5, 5.41) is 10.1. The topological polar surface area (TPSA) is 29.5 Å². The van der Waals surface area contributed by atoms with Crippen LogP contribution in [0, 0.1) is 5.41 Å². The SMILES string of the molecule is CC(C)(C)CC1C[C@@H](O)c2ccc(Br)cc2O1. The van der Waals surface area contributed by atoms with Crippen LogP contribution in [0.4, 0.5) is 0 Å². The second-order valence-corrected chi connectivity index (χ2v) is 6.85. The lowest BCUT2D eigenvalue weighted by Gasteiger charge is -2.33. The fraction of sp³-hybridized carbons (Fsp3) is 0.571. The first-order chi connectivity index (χ1) is 7.85. The van der Waals surface area contributed by atoms with E-state index >= 15 is 0 Å². The smallest absolute Gasteiger partial charge is 0.126 e. The summed E-state index contributed by atoms with van der Waals surface area (Å²) in [6.45, 7) is 6.58. The zero-order valence-electron chi connectivity index (χ0n) is 10.5. The maximum absolute atomic E-state index is 10.1. The van der Waals surface area contributed by atoms with Crippen molar-refractivity contribution in [2.45, 2.75) is 45.8 Å². The number of benzene rings is 1. The van der Waals surface area contributed by atoms with Gasteiger partial charge in [-0.15, -0.1) is 0 Å². The van der Waals surface area contributed by atoms with Crippen molar-refractivity contribution < 1.29 is 9.84 Å². The summed E-state index contributed by atoms with van der Waals surface area (Å²) in [4.78, 5) is 0. The van der Waals surface area contributed by atoms with Crippen molar-refractivity contribution in [1.29, 1.82) is 0 Å². The molecular weight excluding hydrogens is 280 g/mol. The average Bonchev–Trinajstić information content (AvgIpc) is 2.13. The standard InChI is InChI=1S/C14H19BrO2/c1-14(2,3)8-10-7-12(16)11-5-4-9(15)6-13(11)17-10/h4-6,10,12,16H,7-8H2,1-3H3/t10?,12-/m1/s1. The largest absolute Gasteiger partial charge is 0.490 e. The number of rotatable bonds is 1. The van der Waals surface area contributed by atoms with Gasteiger partial charge in [0.1, 0.15) is 11.9 Å². The van der Waals surface area contributed by atoms with Crippen LogP contribution in [0.15, 0.2) is 22.7 Å². The lowest BCUT2D eigenvalue weighted by Crippen LogP contribution is -2.29. The van der Waals surface area contributed by atoms with Gasteiger partial charge in [-0.05, 0) is 24.0 Å². The maximum Gasteiger partial charge on any atom is 0.126 e. The van der Waals surface area contributed by atoms with Gasteiger partial charge in [0.05, 0.1) is 6.10 Å². The van der Waals surface area contributed by atoms with Gasteiger partial charge >= 0.3 is 0 Å². The van der Waals surface area contributed by atoms with Crippen molar-refractivity contribution in [1.82, 2.24) is 0 Å². The molecule has 0 radical (unpaired) electrons. The first-order valence-electron chi connectivity index (χ1n) is 5.99. The number of hydrogen-bond acceptors (Lipinski definition) is 2. The lowest BCUT2D eigenvalue weighted by atomic mass is 9.85. The number of hydrogen-bond donors (Lipinski definition) is 1. The van der Waals surface area contributed by atoms with E-state index in [2.05, 4.69) is 36.7 Å². The lowest BCUT2D eigenvalue weighted by molar-refractivity contribution is 0.0447. The van der Waals surface area contributed by atoms with Crippen LogP contribution in [0.5, 0.6) is 5.75 Å². The third kappa shape index (κ3) is 3.23. The first-order valence-corrected chi connectivity index (χ1v) is 6.79. The molecule has 1 aromatic rings. The van der Waals surface area contributed by atoms with E-state index in [1.54, 1.807) is 0 Å². The van der Waals surface area contributed by atoms with Crippen LogP contribution < -0.4 is 4.74 Å². The minimum atomic E-state index is -0.404. The van der Waals surface area contributed by atoms with E-state index < -0.39 is 6.10 Å². The molecule has 17 heavy (non-hydrogen) atoms. The molecule has 1 N–H and O–H groups in total. The Hall–Kier alpha value is -0.540. The van der Waals surface area contributed by atoms with Gasteiger partial charge in [-0.3, -0.25) is 0 Å². The Morgan fingerprint density at radius 3 is 2.76 bits per heavy atom. The number of fused-ring (bicyclic) bond motifs is 1. The molecule has 0 amide bonds. The fourth-order valence-electron chi connectivity index (χ4n) is 2.30. The highest BCUT2D eigenvalue weighted by atomic mass is 79.9. The summed E-state index contributed by atoms with van der Waals surface area (Å²) in [7, 11) is 0. The fourth-order valence-corrected chi connectivity index (χ4v) is 2.64. The van der Waals surface area contributed by atoms with E-state index in [1.165, 1.54) is 0 Å². The molecule has 1 aliphatic heterocycles. The van der Waals surface area contributed by atoms with Gasteiger partial charge in [0.25, 0.3) is 0 Å². The molecule has 0 spiro atoms. The molecule has 2 rings (SSSR count). The van der Waals surface area contributed by atoms with Gasteiger partial charge in [-0.25, -0.2) is 0 Å². The summed E-state index contributed by atoms with van der Waals surface area (Å²) in [5.74, 6) is 0.812. The van der Waals surface area contributed by atoms with E-state index in [9.17, 15) is 5.11 Å². The minimum Gasteiger partial charge on any atom is -0.490 e. The van der Waals surface area contributed by atoms with Crippen molar-refractivity contribution >= 4 is 15.9 Å². The Labute approximate surface area is 111 Å². The van der Waals surface area contributed by atoms with Gasteiger partial charge in [-0.1, -0.05) is 42.8 Å². The molecule has 3 heteroatoms. The predicted octanol–water partition coefficient (Wildman–Crippen LogP) is 4.07. The van der Waals surface area contributed by atoms with Crippen molar-refractivity contribution in [3.8, 4) is 5.75 Å². The van der Waals surface area contributed by atoms with Gasteiger partial charge in [-0.2, -0.15) is 0 Å². The van der Waals surface area contributed by atoms with Crippen LogP contribution in [0.25, 0.3) is 0 Å². The molecule has 0 saturated heterocycles. The Morgan fingerprint density at radius 1 is 1.41 bits per heavy atom. The molecule has 0 bridgehead atoms. The van der Waals surface area contributed by atoms with Crippen LogP contribution in [0.1, 0.15) is 45.3 Å². The maximum atomic E-state index is 10.1. The quantitative estimate of drug-likeness (QED) is 0.847. The zero-order valence-corrected chi connectivity index (χ0v) is 12.1. The van der Waals surface area contributed by atoms with Crippen LogP contribution in [0.3, 0.4) is 0 Å². The van der Waals surface area contributed by atoms with Crippen molar-refractivity contribution in [3.05, 3.63) is 28.2 Å². The first kappa shape index (κ1) is 12.9. The van der Waals surface area contributed by atoms with Crippen LogP contribution in [0.2, 0.25) is 0 Å². The van der Waals surface area contributed by atoms with E-state index in [0.717, 1.165) is 22.2 Å². The second-order valence-electron chi connectivity index (χ2n) is 5.94. The van der Waals surface area contributed by atoms with Gasteiger partial charge in [0.2, 0.25) is 0 Å². The highest BCUT2D eigenvalue weighted by Crippen LogP contribution is 2.39. The summed E-state index contributed by atoms with van der Waals surface area (Å²) in [5.41, 5.74) is 1.12. The molecule has 0 aromatic heterocycles. The summed E-state index contributed by atoms with van der Waals surface area (Å²) in [6.07, 6.45) is 1.34. The van der Waals surface area contributed by atoms with Crippen LogP contribution in [-0.2, 0) is 0 Å². The van der Waals surface area contributed by atoms with Crippen LogP contribution >= 0.6 is 15.9 Å². The molecule has 1 unspecified atom stereocenters. The Kier molecular flexibility index (Phi) is 3.50. The molecule has 2 atom stereocenters. The van der Waals surface area contributed by atoms with Crippen molar-refractivity contribution in [2.24, 2.45) is 5.41 Å². The molecule has 1 heterocycles. The average molecular weight is 299 g/mol. The zero-order chi connectivity index (χ0) is 12.6. The highest BCUT2D eigenvalue weighted by molar-refractivity contribution is 9.10. The molecule has 1 aromatic carbocycles. The molecular formula is C14H19BrO2. The Balaban J connectivity index is 2.20. The van der Waals surface area contributed by atoms with E-state index in [-0.39, 0.29) is 11.5 Å². The molecule has 0 aliphatic carbocycles.